The van der Waals surface area contributed by atoms with Gasteiger partial charge in [0.15, 0.2) is 6.33 Å². The van der Waals surface area contributed by atoms with Crippen LogP contribution in [-0.4, -0.2) is 57.8 Å². The Morgan fingerprint density at radius 2 is 1.93 bits per heavy atom. The van der Waals surface area contributed by atoms with Crippen LogP contribution in [0.2, 0.25) is 0 Å². The second kappa shape index (κ2) is 7.11. The Morgan fingerprint density at radius 1 is 1.04 bits per heavy atom. The third-order valence-electron chi connectivity index (χ3n) is 5.24. The maximum Gasteiger partial charge on any atom is 0.240 e. The van der Waals surface area contributed by atoms with Crippen molar-refractivity contribution in [3.8, 4) is 5.88 Å². The molecular formula is C19H22N6O2. The fourth-order valence-electron chi connectivity index (χ4n) is 3.44. The zero-order chi connectivity index (χ0) is 18.1. The molecule has 1 saturated heterocycles. The summed E-state index contributed by atoms with van der Waals surface area (Å²) in [6.45, 7) is 5.27. The highest BCUT2D eigenvalue weighted by atomic mass is 16.5. The van der Waals surface area contributed by atoms with E-state index in [4.69, 9.17) is 9.26 Å². The SMILES string of the molecule is c1noc(CN2CCN(c3ccc4ncnc(OCC5CC5)c4c3)CC2)n1. The summed E-state index contributed by atoms with van der Waals surface area (Å²) in [6, 6.07) is 6.35. The lowest BCUT2D eigenvalue weighted by Crippen LogP contribution is -2.46. The molecule has 8 heteroatoms. The zero-order valence-corrected chi connectivity index (χ0v) is 15.1. The van der Waals surface area contributed by atoms with E-state index in [9.17, 15) is 0 Å². The molecule has 5 rings (SSSR count). The monoisotopic (exact) mass is 366 g/mol. The van der Waals surface area contributed by atoms with E-state index in [1.54, 1.807) is 6.33 Å². The van der Waals surface area contributed by atoms with Crippen molar-refractivity contribution in [2.45, 2.75) is 19.4 Å². The minimum Gasteiger partial charge on any atom is -0.477 e. The average molecular weight is 366 g/mol. The highest BCUT2D eigenvalue weighted by molar-refractivity contribution is 5.86. The van der Waals surface area contributed by atoms with Gasteiger partial charge in [0.05, 0.1) is 24.1 Å². The number of fused-ring (bicyclic) bond motifs is 1. The van der Waals surface area contributed by atoms with Crippen LogP contribution in [0, 0.1) is 5.92 Å². The first-order valence-electron chi connectivity index (χ1n) is 9.45. The van der Waals surface area contributed by atoms with Gasteiger partial charge in [-0.15, -0.1) is 0 Å². The van der Waals surface area contributed by atoms with Crippen molar-refractivity contribution < 1.29 is 9.26 Å². The second-order valence-corrected chi connectivity index (χ2v) is 7.23. The Balaban J connectivity index is 1.29. The Kier molecular flexibility index (Phi) is 4.33. The Labute approximate surface area is 157 Å². The molecule has 0 atom stereocenters. The highest BCUT2D eigenvalue weighted by Crippen LogP contribution is 2.32. The predicted octanol–water partition coefficient (Wildman–Crippen LogP) is 2.12. The molecule has 2 fully saturated rings. The van der Waals surface area contributed by atoms with E-state index >= 15 is 0 Å². The van der Waals surface area contributed by atoms with Gasteiger partial charge in [-0.05, 0) is 37.0 Å². The third kappa shape index (κ3) is 3.71. The summed E-state index contributed by atoms with van der Waals surface area (Å²) in [5.74, 6) is 2.07. The van der Waals surface area contributed by atoms with Gasteiger partial charge in [0.2, 0.25) is 11.8 Å². The summed E-state index contributed by atoms with van der Waals surface area (Å²) in [4.78, 5) is 17.6. The molecule has 0 unspecified atom stereocenters. The summed E-state index contributed by atoms with van der Waals surface area (Å²) in [6.07, 6.45) is 5.57. The molecular weight excluding hydrogens is 344 g/mol. The van der Waals surface area contributed by atoms with Gasteiger partial charge >= 0.3 is 0 Å². The van der Waals surface area contributed by atoms with E-state index in [1.807, 2.05) is 0 Å². The lowest BCUT2D eigenvalue weighted by molar-refractivity contribution is 0.215. The van der Waals surface area contributed by atoms with Gasteiger partial charge < -0.3 is 14.2 Å². The molecule has 2 aromatic heterocycles. The summed E-state index contributed by atoms with van der Waals surface area (Å²) in [7, 11) is 0. The number of hydrogen-bond acceptors (Lipinski definition) is 8. The predicted molar refractivity (Wildman–Crippen MR) is 99.5 cm³/mol. The molecule has 27 heavy (non-hydrogen) atoms. The largest absolute Gasteiger partial charge is 0.477 e. The van der Waals surface area contributed by atoms with E-state index in [1.165, 1.54) is 24.9 Å². The number of aromatic nitrogens is 4. The number of piperazine rings is 1. The molecule has 1 aliphatic carbocycles. The molecule has 1 aliphatic heterocycles. The van der Waals surface area contributed by atoms with E-state index < -0.39 is 0 Å². The van der Waals surface area contributed by atoms with Gasteiger partial charge in [-0.2, -0.15) is 4.98 Å². The summed E-state index contributed by atoms with van der Waals surface area (Å²) >= 11 is 0. The smallest absolute Gasteiger partial charge is 0.240 e. The van der Waals surface area contributed by atoms with E-state index in [-0.39, 0.29) is 0 Å². The van der Waals surface area contributed by atoms with Crippen LogP contribution in [0.3, 0.4) is 0 Å². The summed E-state index contributed by atoms with van der Waals surface area (Å²) < 4.78 is 11.1. The molecule has 0 N–H and O–H groups in total. The van der Waals surface area contributed by atoms with Crippen molar-refractivity contribution in [1.29, 1.82) is 0 Å². The van der Waals surface area contributed by atoms with Crippen molar-refractivity contribution in [3.63, 3.8) is 0 Å². The van der Waals surface area contributed by atoms with Crippen molar-refractivity contribution in [2.75, 3.05) is 37.7 Å². The molecule has 2 aliphatic rings. The fourth-order valence-corrected chi connectivity index (χ4v) is 3.44. The van der Waals surface area contributed by atoms with Crippen LogP contribution in [0.4, 0.5) is 5.69 Å². The molecule has 1 saturated carbocycles. The van der Waals surface area contributed by atoms with Crippen molar-refractivity contribution in [3.05, 3.63) is 36.7 Å². The molecule has 1 aromatic carbocycles. The van der Waals surface area contributed by atoms with Crippen LogP contribution in [0.15, 0.2) is 35.4 Å². The molecule has 140 valence electrons. The van der Waals surface area contributed by atoms with Gasteiger partial charge in [-0.1, -0.05) is 5.16 Å². The van der Waals surface area contributed by atoms with Gasteiger partial charge in [-0.3, -0.25) is 4.90 Å². The van der Waals surface area contributed by atoms with Crippen molar-refractivity contribution in [2.24, 2.45) is 5.92 Å². The molecule has 3 heterocycles. The number of rotatable bonds is 6. The molecule has 0 radical (unpaired) electrons. The number of benzene rings is 1. The van der Waals surface area contributed by atoms with Gasteiger partial charge in [-0.25, -0.2) is 9.97 Å². The maximum atomic E-state index is 5.96. The number of ether oxygens (including phenoxy) is 1. The van der Waals surface area contributed by atoms with Gasteiger partial charge in [0, 0.05) is 31.9 Å². The van der Waals surface area contributed by atoms with E-state index in [0.717, 1.165) is 43.7 Å². The van der Waals surface area contributed by atoms with Crippen LogP contribution in [0.1, 0.15) is 18.7 Å². The summed E-state index contributed by atoms with van der Waals surface area (Å²) in [5, 5.41) is 4.66. The normalized spacial score (nSPS) is 18.1. The standard InChI is InChI=1S/C19H22N6O2/c1-2-14(1)11-26-19-16-9-15(3-4-17(16)20-12-22-19)25-7-5-24(6-8-25)10-18-21-13-23-27-18/h3-4,9,12-14H,1-2,5-8,10-11H2. The molecule has 0 amide bonds. The zero-order valence-electron chi connectivity index (χ0n) is 15.1. The second-order valence-electron chi connectivity index (χ2n) is 7.23. The highest BCUT2D eigenvalue weighted by Gasteiger charge is 2.23. The van der Waals surface area contributed by atoms with Crippen LogP contribution < -0.4 is 9.64 Å². The quantitative estimate of drug-likeness (QED) is 0.656. The minimum absolute atomic E-state index is 0.670. The van der Waals surface area contributed by atoms with E-state index in [2.05, 4.69) is 48.1 Å². The van der Waals surface area contributed by atoms with Gasteiger partial charge in [0.25, 0.3) is 0 Å². The molecule has 3 aromatic rings. The molecule has 0 bridgehead atoms. The van der Waals surface area contributed by atoms with Gasteiger partial charge in [0.1, 0.15) is 6.33 Å². The van der Waals surface area contributed by atoms with Crippen molar-refractivity contribution >= 4 is 16.6 Å². The fraction of sp³-hybridized carbons (Fsp3) is 0.474. The average Bonchev–Trinajstić information content (AvgIpc) is 3.41. The third-order valence-corrected chi connectivity index (χ3v) is 5.24. The van der Waals surface area contributed by atoms with Crippen LogP contribution in [-0.2, 0) is 6.54 Å². The van der Waals surface area contributed by atoms with Crippen LogP contribution >= 0.6 is 0 Å². The first-order valence-corrected chi connectivity index (χ1v) is 9.45. The first kappa shape index (κ1) is 16.4. The Morgan fingerprint density at radius 3 is 2.70 bits per heavy atom. The van der Waals surface area contributed by atoms with Crippen molar-refractivity contribution in [1.82, 2.24) is 25.0 Å². The Hall–Kier alpha value is -2.74. The number of anilines is 1. The van der Waals surface area contributed by atoms with Crippen LogP contribution in [0.25, 0.3) is 10.9 Å². The summed E-state index contributed by atoms with van der Waals surface area (Å²) in [5.41, 5.74) is 2.11. The number of hydrogen-bond donors (Lipinski definition) is 0. The lowest BCUT2D eigenvalue weighted by Gasteiger charge is -2.35. The molecule has 0 spiro atoms. The Bertz CT molecular complexity index is 904. The maximum absolute atomic E-state index is 5.96. The number of nitrogens with zero attached hydrogens (tertiary/aromatic N) is 6. The molecule has 8 nitrogen and oxygen atoms in total. The van der Waals surface area contributed by atoms with E-state index in [0.29, 0.717) is 24.2 Å². The first-order chi connectivity index (χ1) is 13.3. The van der Waals surface area contributed by atoms with Crippen LogP contribution in [0.5, 0.6) is 5.88 Å². The topological polar surface area (TPSA) is 80.4 Å². The minimum atomic E-state index is 0.670. The lowest BCUT2D eigenvalue weighted by atomic mass is 10.2.